The van der Waals surface area contributed by atoms with Gasteiger partial charge in [-0.3, -0.25) is 9.59 Å². The van der Waals surface area contributed by atoms with Gasteiger partial charge < -0.3 is 14.4 Å². The van der Waals surface area contributed by atoms with Gasteiger partial charge in [0.1, 0.15) is 22.8 Å². The van der Waals surface area contributed by atoms with Crippen molar-refractivity contribution in [1.29, 1.82) is 0 Å². The molecule has 0 radical (unpaired) electrons. The third-order valence-electron chi connectivity index (χ3n) is 6.39. The molecule has 0 aliphatic carbocycles. The number of amides is 1. The predicted molar refractivity (Wildman–Crippen MR) is 127 cm³/mol. The summed E-state index contributed by atoms with van der Waals surface area (Å²) in [6.45, 7) is 2.95. The molecule has 1 fully saturated rings. The highest BCUT2D eigenvalue weighted by Crippen LogP contribution is 2.41. The Balaban J connectivity index is 1.28. The lowest BCUT2D eigenvalue weighted by Gasteiger charge is -2.44. The first-order chi connectivity index (χ1) is 15.9. The largest absolute Gasteiger partial charge is 0.486 e. The number of hydrogen-bond acceptors (Lipinski definition) is 4. The molecule has 1 spiro atoms. The Hall–Kier alpha value is -3.31. The SMILES string of the molecule is Cc1cc2c(cc1Cl)C(=O)CC1(CCN(C(=O)c3cccc(Oc4ccccc4)c3)CC1)O2. The summed E-state index contributed by atoms with van der Waals surface area (Å²) in [4.78, 5) is 27.8. The fraction of sp³-hybridized carbons (Fsp3) is 0.259. The van der Waals surface area contributed by atoms with Crippen LogP contribution in [0.2, 0.25) is 5.02 Å². The van der Waals surface area contributed by atoms with Crippen molar-refractivity contribution in [1.82, 2.24) is 4.90 Å². The fourth-order valence-corrected chi connectivity index (χ4v) is 4.67. The Labute approximate surface area is 197 Å². The van der Waals surface area contributed by atoms with E-state index in [1.165, 1.54) is 0 Å². The third-order valence-corrected chi connectivity index (χ3v) is 6.80. The Morgan fingerprint density at radius 1 is 1.00 bits per heavy atom. The maximum absolute atomic E-state index is 13.2. The van der Waals surface area contributed by atoms with Crippen LogP contribution in [0.3, 0.4) is 0 Å². The predicted octanol–water partition coefficient (Wildman–Crippen LogP) is 6.08. The number of nitrogens with zero attached hydrogens (tertiary/aromatic N) is 1. The van der Waals surface area contributed by atoms with Gasteiger partial charge in [0, 0.05) is 36.5 Å². The summed E-state index contributed by atoms with van der Waals surface area (Å²) >= 11 is 6.20. The van der Waals surface area contributed by atoms with Gasteiger partial charge in [-0.1, -0.05) is 35.9 Å². The number of benzene rings is 3. The second-order valence-corrected chi connectivity index (χ2v) is 9.12. The molecule has 0 bridgehead atoms. The zero-order chi connectivity index (χ0) is 23.0. The van der Waals surface area contributed by atoms with E-state index in [9.17, 15) is 9.59 Å². The standard InChI is InChI=1S/C27H24ClNO4/c1-18-14-25-22(16-23(18)28)24(30)17-27(33-25)10-12-29(13-11-27)26(31)19-6-5-9-21(15-19)32-20-7-3-2-4-8-20/h2-9,14-16H,10-13,17H2,1H3. The van der Waals surface area contributed by atoms with Crippen LogP contribution in [0.1, 0.15) is 45.5 Å². The molecule has 5 nitrogen and oxygen atoms in total. The summed E-state index contributed by atoms with van der Waals surface area (Å²) in [6.07, 6.45) is 1.51. The highest BCUT2D eigenvalue weighted by Gasteiger charge is 2.44. The average molecular weight is 462 g/mol. The number of carbonyl (C=O) groups excluding carboxylic acids is 2. The molecule has 0 atom stereocenters. The number of likely N-dealkylation sites (tertiary alicyclic amines) is 1. The first-order valence-electron chi connectivity index (χ1n) is 11.1. The normalized spacial score (nSPS) is 16.8. The molecule has 0 unspecified atom stereocenters. The van der Waals surface area contributed by atoms with Crippen LogP contribution < -0.4 is 9.47 Å². The number of para-hydroxylation sites is 1. The molecular weight excluding hydrogens is 438 g/mol. The topological polar surface area (TPSA) is 55.8 Å². The molecule has 2 aliphatic rings. The first-order valence-corrected chi connectivity index (χ1v) is 11.4. The number of Topliss-reactive ketones (excluding diaryl/α,β-unsaturated/α-hetero) is 1. The summed E-state index contributed by atoms with van der Waals surface area (Å²) in [5.41, 5.74) is 1.44. The zero-order valence-corrected chi connectivity index (χ0v) is 19.1. The summed E-state index contributed by atoms with van der Waals surface area (Å²) in [7, 11) is 0. The second kappa shape index (κ2) is 8.56. The van der Waals surface area contributed by atoms with Crippen molar-refractivity contribution < 1.29 is 19.1 Å². The number of carbonyl (C=O) groups is 2. The second-order valence-electron chi connectivity index (χ2n) is 8.72. The van der Waals surface area contributed by atoms with Crippen molar-refractivity contribution >= 4 is 23.3 Å². The molecule has 168 valence electrons. The lowest BCUT2D eigenvalue weighted by atomic mass is 9.82. The molecule has 2 aliphatic heterocycles. The van der Waals surface area contributed by atoms with Crippen molar-refractivity contribution in [3.8, 4) is 17.2 Å². The molecule has 33 heavy (non-hydrogen) atoms. The number of ketones is 1. The van der Waals surface area contributed by atoms with E-state index in [1.54, 1.807) is 18.2 Å². The minimum atomic E-state index is -0.570. The van der Waals surface area contributed by atoms with Crippen LogP contribution in [0.5, 0.6) is 17.2 Å². The van der Waals surface area contributed by atoms with E-state index < -0.39 is 5.60 Å². The van der Waals surface area contributed by atoms with E-state index in [2.05, 4.69) is 0 Å². The van der Waals surface area contributed by atoms with Gasteiger partial charge in [-0.15, -0.1) is 0 Å². The maximum atomic E-state index is 13.2. The summed E-state index contributed by atoms with van der Waals surface area (Å²) in [5.74, 6) is 1.93. The van der Waals surface area contributed by atoms with Gasteiger partial charge in [-0.05, 0) is 55.0 Å². The lowest BCUT2D eigenvalue weighted by molar-refractivity contribution is -0.00574. The number of aryl methyl sites for hydroxylation is 1. The molecule has 3 aromatic rings. The zero-order valence-electron chi connectivity index (χ0n) is 18.3. The molecule has 5 rings (SSSR count). The molecular formula is C27H24ClNO4. The van der Waals surface area contributed by atoms with Crippen LogP contribution in [0.15, 0.2) is 66.7 Å². The van der Waals surface area contributed by atoms with Gasteiger partial charge in [0.25, 0.3) is 5.91 Å². The van der Waals surface area contributed by atoms with E-state index in [0.29, 0.717) is 60.0 Å². The molecule has 6 heteroatoms. The number of halogens is 1. The van der Waals surface area contributed by atoms with Crippen molar-refractivity contribution in [3.05, 3.63) is 88.4 Å². The number of rotatable bonds is 3. The monoisotopic (exact) mass is 461 g/mol. The number of ether oxygens (including phenoxy) is 2. The minimum Gasteiger partial charge on any atom is -0.486 e. The van der Waals surface area contributed by atoms with E-state index in [-0.39, 0.29) is 11.7 Å². The Kier molecular flexibility index (Phi) is 5.59. The van der Waals surface area contributed by atoms with Crippen molar-refractivity contribution in [2.75, 3.05) is 13.1 Å². The van der Waals surface area contributed by atoms with Crippen LogP contribution in [-0.2, 0) is 0 Å². The average Bonchev–Trinajstić information content (AvgIpc) is 2.81. The molecule has 1 saturated heterocycles. The Morgan fingerprint density at radius 3 is 2.48 bits per heavy atom. The van der Waals surface area contributed by atoms with Crippen molar-refractivity contribution in [3.63, 3.8) is 0 Å². The molecule has 2 heterocycles. The number of fused-ring (bicyclic) bond motifs is 1. The number of hydrogen-bond donors (Lipinski definition) is 0. The molecule has 0 N–H and O–H groups in total. The Morgan fingerprint density at radius 2 is 1.73 bits per heavy atom. The molecule has 0 aromatic heterocycles. The lowest BCUT2D eigenvalue weighted by Crippen LogP contribution is -2.52. The molecule has 1 amide bonds. The quantitative estimate of drug-likeness (QED) is 0.474. The van der Waals surface area contributed by atoms with E-state index >= 15 is 0 Å². The summed E-state index contributed by atoms with van der Waals surface area (Å²) < 4.78 is 12.2. The van der Waals surface area contributed by atoms with Crippen molar-refractivity contribution in [2.24, 2.45) is 0 Å². The molecule has 3 aromatic carbocycles. The van der Waals surface area contributed by atoms with Gasteiger partial charge in [-0.25, -0.2) is 0 Å². The van der Waals surface area contributed by atoms with Gasteiger partial charge in [0.05, 0.1) is 12.0 Å². The molecule has 0 saturated carbocycles. The van der Waals surface area contributed by atoms with Gasteiger partial charge in [-0.2, -0.15) is 0 Å². The maximum Gasteiger partial charge on any atom is 0.253 e. The highest BCUT2D eigenvalue weighted by atomic mass is 35.5. The highest BCUT2D eigenvalue weighted by molar-refractivity contribution is 6.31. The van der Waals surface area contributed by atoms with Gasteiger partial charge >= 0.3 is 0 Å². The van der Waals surface area contributed by atoms with Crippen LogP contribution in [0, 0.1) is 6.92 Å². The smallest absolute Gasteiger partial charge is 0.253 e. The first kappa shape index (κ1) is 21.5. The van der Waals surface area contributed by atoms with Crippen LogP contribution in [0.25, 0.3) is 0 Å². The third kappa shape index (κ3) is 4.33. The van der Waals surface area contributed by atoms with E-state index in [4.69, 9.17) is 21.1 Å². The van der Waals surface area contributed by atoms with Crippen LogP contribution >= 0.6 is 11.6 Å². The summed E-state index contributed by atoms with van der Waals surface area (Å²) in [6, 6.07) is 20.2. The van der Waals surface area contributed by atoms with Crippen molar-refractivity contribution in [2.45, 2.75) is 31.8 Å². The van der Waals surface area contributed by atoms with Gasteiger partial charge in [0.15, 0.2) is 5.78 Å². The number of piperidine rings is 1. The van der Waals surface area contributed by atoms with Crippen LogP contribution in [-0.4, -0.2) is 35.3 Å². The Bertz CT molecular complexity index is 1220. The summed E-state index contributed by atoms with van der Waals surface area (Å²) in [5, 5.41) is 0.570. The minimum absolute atomic E-state index is 0.0451. The van der Waals surface area contributed by atoms with E-state index in [1.807, 2.05) is 60.4 Å². The van der Waals surface area contributed by atoms with Gasteiger partial charge in [0.2, 0.25) is 0 Å². The van der Waals surface area contributed by atoms with E-state index in [0.717, 1.165) is 11.3 Å². The van der Waals surface area contributed by atoms with Crippen LogP contribution in [0.4, 0.5) is 0 Å². The fourth-order valence-electron chi connectivity index (χ4n) is 4.51.